The minimum absolute atomic E-state index is 0.169. The van der Waals surface area contributed by atoms with E-state index in [1.807, 2.05) is 32.6 Å². The van der Waals surface area contributed by atoms with Gasteiger partial charge in [-0.15, -0.1) is 0 Å². The van der Waals surface area contributed by atoms with Crippen LogP contribution in [-0.4, -0.2) is 16.8 Å². The number of hydrogen-bond acceptors (Lipinski definition) is 1. The number of benzene rings is 1. The maximum Gasteiger partial charge on any atom is 0.219 e. The molecule has 0 aromatic heterocycles. The van der Waals surface area contributed by atoms with Gasteiger partial charge in [0.15, 0.2) is 0 Å². The van der Waals surface area contributed by atoms with Crippen molar-refractivity contribution in [3.63, 3.8) is 0 Å². The molecule has 1 rings (SSSR count). The van der Waals surface area contributed by atoms with Crippen molar-refractivity contribution in [2.24, 2.45) is 0 Å². The summed E-state index contributed by atoms with van der Waals surface area (Å²) in [5.41, 5.74) is 3.76. The first-order valence-corrected chi connectivity index (χ1v) is 8.82. The van der Waals surface area contributed by atoms with Crippen LogP contribution in [0.2, 0.25) is 0 Å². The normalized spacial score (nSPS) is 9.36. The van der Waals surface area contributed by atoms with Crippen LogP contribution < -0.4 is 0 Å². The molecule has 0 aliphatic rings. The van der Waals surface area contributed by atoms with E-state index >= 15 is 0 Å². The van der Waals surface area contributed by atoms with Crippen molar-refractivity contribution >= 4 is 5.91 Å². The largest absolute Gasteiger partial charge is 0.336 e. The number of rotatable bonds is 5. The minimum atomic E-state index is 0.169. The van der Waals surface area contributed by atoms with E-state index in [0.717, 1.165) is 19.4 Å². The SMILES string of the molecule is CC.CC.CCC(CC)N(Cc1cc(C)cc(C)c1)C(C)=O. The number of nitrogens with zero attached hydrogens (tertiary/aromatic N) is 1. The molecule has 0 aliphatic carbocycles. The molecule has 128 valence electrons. The minimum Gasteiger partial charge on any atom is -0.336 e. The summed E-state index contributed by atoms with van der Waals surface area (Å²) in [5.74, 6) is 0.169. The van der Waals surface area contributed by atoms with Crippen molar-refractivity contribution in [1.29, 1.82) is 0 Å². The van der Waals surface area contributed by atoms with Gasteiger partial charge in [-0.05, 0) is 32.3 Å². The van der Waals surface area contributed by atoms with Gasteiger partial charge in [-0.2, -0.15) is 0 Å². The number of carbonyl (C=O) groups excluding carboxylic acids is 1. The third kappa shape index (κ3) is 8.21. The lowest BCUT2D eigenvalue weighted by atomic mass is 10.0. The molecule has 2 nitrogen and oxygen atoms in total. The zero-order valence-corrected chi connectivity index (χ0v) is 16.3. The topological polar surface area (TPSA) is 20.3 Å². The fourth-order valence-electron chi connectivity index (χ4n) is 2.58. The molecule has 0 bridgehead atoms. The van der Waals surface area contributed by atoms with Gasteiger partial charge in [-0.3, -0.25) is 4.79 Å². The summed E-state index contributed by atoms with van der Waals surface area (Å²) >= 11 is 0. The summed E-state index contributed by atoms with van der Waals surface area (Å²) in [6, 6.07) is 6.86. The average Bonchev–Trinajstić information content (AvgIpc) is 2.50. The van der Waals surface area contributed by atoms with Crippen molar-refractivity contribution in [3.8, 4) is 0 Å². The highest BCUT2D eigenvalue weighted by atomic mass is 16.2. The molecule has 0 unspecified atom stereocenters. The molecular formula is C20H37NO. The third-order valence-corrected chi connectivity index (χ3v) is 3.42. The van der Waals surface area contributed by atoms with Crippen molar-refractivity contribution in [1.82, 2.24) is 4.90 Å². The van der Waals surface area contributed by atoms with Crippen LogP contribution in [-0.2, 0) is 11.3 Å². The quantitative estimate of drug-likeness (QED) is 0.664. The second-order valence-electron chi connectivity index (χ2n) is 5.11. The molecule has 0 aliphatic heterocycles. The monoisotopic (exact) mass is 307 g/mol. The number of carbonyl (C=O) groups is 1. The highest BCUT2D eigenvalue weighted by molar-refractivity contribution is 5.73. The van der Waals surface area contributed by atoms with Crippen LogP contribution in [0.1, 0.15) is 78.0 Å². The number of amides is 1. The fourth-order valence-corrected chi connectivity index (χ4v) is 2.58. The molecule has 1 amide bonds. The van der Waals surface area contributed by atoms with Gasteiger partial charge in [0.1, 0.15) is 0 Å². The van der Waals surface area contributed by atoms with E-state index in [4.69, 9.17) is 0 Å². The molecule has 1 aromatic carbocycles. The van der Waals surface area contributed by atoms with Crippen LogP contribution in [0.15, 0.2) is 18.2 Å². The number of hydrogen-bond donors (Lipinski definition) is 0. The van der Waals surface area contributed by atoms with E-state index in [9.17, 15) is 4.79 Å². The highest BCUT2D eigenvalue weighted by Crippen LogP contribution is 2.16. The lowest BCUT2D eigenvalue weighted by Gasteiger charge is -2.30. The van der Waals surface area contributed by atoms with Crippen molar-refractivity contribution < 1.29 is 4.79 Å². The zero-order chi connectivity index (χ0) is 17.7. The smallest absolute Gasteiger partial charge is 0.219 e. The lowest BCUT2D eigenvalue weighted by Crippen LogP contribution is -2.37. The van der Waals surface area contributed by atoms with E-state index in [1.54, 1.807) is 6.92 Å². The van der Waals surface area contributed by atoms with Crippen molar-refractivity contribution in [2.75, 3.05) is 0 Å². The predicted octanol–water partition coefficient (Wildman–Crippen LogP) is 5.89. The summed E-state index contributed by atoms with van der Waals surface area (Å²) < 4.78 is 0. The van der Waals surface area contributed by atoms with Crippen LogP contribution in [0.5, 0.6) is 0 Å². The van der Waals surface area contributed by atoms with E-state index in [1.165, 1.54) is 16.7 Å². The Labute approximate surface area is 138 Å². The second-order valence-corrected chi connectivity index (χ2v) is 5.11. The highest BCUT2D eigenvalue weighted by Gasteiger charge is 2.18. The summed E-state index contributed by atoms with van der Waals surface area (Å²) in [6.07, 6.45) is 2.03. The predicted molar refractivity (Wildman–Crippen MR) is 99.2 cm³/mol. The second kappa shape index (κ2) is 13.4. The molecule has 22 heavy (non-hydrogen) atoms. The fraction of sp³-hybridized carbons (Fsp3) is 0.650. The Morgan fingerprint density at radius 3 is 1.68 bits per heavy atom. The first kappa shape index (κ1) is 23.0. The van der Waals surface area contributed by atoms with Crippen molar-refractivity contribution in [2.45, 2.75) is 87.7 Å². The molecule has 0 saturated heterocycles. The molecular weight excluding hydrogens is 270 g/mol. The third-order valence-electron chi connectivity index (χ3n) is 3.42. The molecule has 2 heteroatoms. The molecule has 0 saturated carbocycles. The Morgan fingerprint density at radius 1 is 0.955 bits per heavy atom. The summed E-state index contributed by atoms with van der Waals surface area (Å²) in [4.78, 5) is 13.8. The maximum absolute atomic E-state index is 11.8. The van der Waals surface area contributed by atoms with Gasteiger partial charge in [0.2, 0.25) is 5.91 Å². The van der Waals surface area contributed by atoms with Gasteiger partial charge >= 0.3 is 0 Å². The van der Waals surface area contributed by atoms with E-state index < -0.39 is 0 Å². The number of aryl methyl sites for hydroxylation is 2. The summed E-state index contributed by atoms with van der Waals surface area (Å²) in [6.45, 7) is 18.9. The van der Waals surface area contributed by atoms with E-state index in [2.05, 4.69) is 45.9 Å². The molecule has 1 aromatic rings. The van der Waals surface area contributed by atoms with Gasteiger partial charge in [0.05, 0.1) is 0 Å². The molecule has 0 N–H and O–H groups in total. The van der Waals surface area contributed by atoms with Crippen LogP contribution in [0.25, 0.3) is 0 Å². The van der Waals surface area contributed by atoms with Gasteiger partial charge < -0.3 is 4.90 Å². The molecule has 0 fully saturated rings. The van der Waals surface area contributed by atoms with E-state index in [-0.39, 0.29) is 5.91 Å². The summed E-state index contributed by atoms with van der Waals surface area (Å²) in [5, 5.41) is 0. The van der Waals surface area contributed by atoms with Crippen molar-refractivity contribution in [3.05, 3.63) is 34.9 Å². The van der Waals surface area contributed by atoms with Gasteiger partial charge in [0, 0.05) is 19.5 Å². The Hall–Kier alpha value is -1.31. The van der Waals surface area contributed by atoms with Crippen LogP contribution in [0, 0.1) is 13.8 Å². The van der Waals surface area contributed by atoms with Gasteiger partial charge in [-0.25, -0.2) is 0 Å². The standard InChI is InChI=1S/C16H25NO.2C2H6/c1-6-16(7-2)17(14(5)18)11-15-9-12(3)8-13(4)10-15;2*1-2/h8-10,16H,6-7,11H2,1-5H3;2*1-2H3. The Kier molecular flexibility index (Phi) is 13.9. The molecule has 0 atom stereocenters. The molecule has 0 radical (unpaired) electrons. The Balaban J connectivity index is 0. The van der Waals surface area contributed by atoms with Crippen LogP contribution in [0.3, 0.4) is 0 Å². The first-order chi connectivity index (χ1) is 10.5. The van der Waals surface area contributed by atoms with E-state index in [0.29, 0.717) is 6.04 Å². The molecule has 0 heterocycles. The van der Waals surface area contributed by atoms with Gasteiger partial charge in [0.25, 0.3) is 0 Å². The Bertz CT molecular complexity index is 388. The Morgan fingerprint density at radius 2 is 1.36 bits per heavy atom. The maximum atomic E-state index is 11.8. The first-order valence-electron chi connectivity index (χ1n) is 8.82. The lowest BCUT2D eigenvalue weighted by molar-refractivity contribution is -0.132. The van der Waals surface area contributed by atoms with Crippen LogP contribution >= 0.6 is 0 Å². The van der Waals surface area contributed by atoms with Crippen LogP contribution in [0.4, 0.5) is 0 Å². The van der Waals surface area contributed by atoms with Gasteiger partial charge in [-0.1, -0.05) is 70.9 Å². The summed E-state index contributed by atoms with van der Waals surface area (Å²) in [7, 11) is 0. The molecule has 0 spiro atoms. The average molecular weight is 308 g/mol. The zero-order valence-electron chi connectivity index (χ0n) is 16.3.